The number of carbonyl (C=O) groups is 2. The molecule has 0 bridgehead atoms. The maximum absolute atomic E-state index is 14.3. The lowest BCUT2D eigenvalue weighted by Crippen LogP contribution is -2.52. The summed E-state index contributed by atoms with van der Waals surface area (Å²) in [5, 5.41) is 11.3. The number of rotatable bonds is 7. The van der Waals surface area contributed by atoms with Crippen molar-refractivity contribution < 1.29 is 28.2 Å². The molecule has 5 N–H and O–H groups in total. The van der Waals surface area contributed by atoms with Gasteiger partial charge in [0.25, 0.3) is 5.56 Å². The van der Waals surface area contributed by atoms with Gasteiger partial charge in [-0.15, -0.1) is 0 Å². The molecule has 2 fully saturated rings. The Morgan fingerprint density at radius 1 is 1.07 bits per heavy atom. The molecular formula is C30H33F2N5O5. The lowest BCUT2D eigenvalue weighted by atomic mass is 9.73. The fourth-order valence-electron chi connectivity index (χ4n) is 5.84. The van der Waals surface area contributed by atoms with Gasteiger partial charge in [0.05, 0.1) is 12.1 Å². The van der Waals surface area contributed by atoms with Crippen LogP contribution in [0.15, 0.2) is 65.7 Å². The van der Waals surface area contributed by atoms with Gasteiger partial charge < -0.3 is 26.2 Å². The molecular weight excluding hydrogens is 548 g/mol. The maximum atomic E-state index is 14.3. The zero-order valence-corrected chi connectivity index (χ0v) is 22.9. The van der Waals surface area contributed by atoms with E-state index < -0.39 is 34.8 Å². The predicted octanol–water partition coefficient (Wildman–Crippen LogP) is 3.29. The van der Waals surface area contributed by atoms with Crippen LogP contribution >= 0.6 is 0 Å². The molecule has 0 radical (unpaired) electrons. The second-order valence-corrected chi connectivity index (χ2v) is 11.2. The molecule has 1 aromatic heterocycles. The number of likely N-dealkylation sites (tertiary alicyclic amines) is 1. The molecule has 1 saturated carbocycles. The van der Waals surface area contributed by atoms with E-state index in [-0.39, 0.29) is 80.5 Å². The molecule has 2 aliphatic rings. The van der Waals surface area contributed by atoms with Crippen LogP contribution in [0.3, 0.4) is 0 Å². The molecule has 0 unspecified atom stereocenters. The first kappa shape index (κ1) is 29.2. The quantitative estimate of drug-likeness (QED) is 0.387. The molecule has 3 aromatic rings. The molecule has 10 nitrogen and oxygen atoms in total. The smallest absolute Gasteiger partial charge is 0.280 e. The number of piperidine rings is 1. The minimum Gasteiger partial charge on any atom is -0.437 e. The summed E-state index contributed by atoms with van der Waals surface area (Å²) in [6.07, 6.45) is 0.961. The van der Waals surface area contributed by atoms with Crippen molar-refractivity contribution in [3.8, 4) is 11.6 Å². The number of nitrogen functional groups attached to an aromatic ring is 1. The summed E-state index contributed by atoms with van der Waals surface area (Å²) in [4.78, 5) is 43.7. The molecule has 2 heterocycles. The summed E-state index contributed by atoms with van der Waals surface area (Å²) in [6, 6.07) is 15.0. The van der Waals surface area contributed by atoms with Crippen LogP contribution in [0.2, 0.25) is 0 Å². The number of hydrogen-bond acceptors (Lipinski definition) is 7. The van der Waals surface area contributed by atoms with Crippen LogP contribution in [0.4, 0.5) is 14.5 Å². The van der Waals surface area contributed by atoms with Crippen LogP contribution in [-0.4, -0.2) is 56.0 Å². The van der Waals surface area contributed by atoms with E-state index in [0.717, 1.165) is 5.56 Å². The Labute approximate surface area is 240 Å². The molecule has 42 heavy (non-hydrogen) atoms. The van der Waals surface area contributed by atoms with Crippen molar-refractivity contribution in [1.29, 1.82) is 0 Å². The second-order valence-electron chi connectivity index (χ2n) is 11.2. The Bertz CT molecular complexity index is 1520. The van der Waals surface area contributed by atoms with Crippen LogP contribution in [0.5, 0.6) is 11.6 Å². The highest BCUT2D eigenvalue weighted by Crippen LogP contribution is 2.46. The molecule has 1 saturated heterocycles. The number of amides is 2. The Balaban J connectivity index is 1.24. The Morgan fingerprint density at radius 2 is 1.79 bits per heavy atom. The van der Waals surface area contributed by atoms with E-state index in [1.165, 1.54) is 23.0 Å². The third kappa shape index (κ3) is 6.28. The van der Waals surface area contributed by atoms with E-state index in [4.69, 9.17) is 16.2 Å². The Morgan fingerprint density at radius 3 is 2.48 bits per heavy atom. The normalized spacial score (nSPS) is 21.5. The fraction of sp³-hybridized carbons (Fsp3) is 0.400. The van der Waals surface area contributed by atoms with Crippen molar-refractivity contribution in [2.24, 2.45) is 11.7 Å². The largest absolute Gasteiger partial charge is 0.437 e. The molecule has 2 amide bonds. The number of nitrogens with zero attached hydrogens (tertiary/aromatic N) is 3. The summed E-state index contributed by atoms with van der Waals surface area (Å²) in [6.45, 7) is 0.336. The number of aromatic nitrogens is 2. The fourth-order valence-corrected chi connectivity index (χ4v) is 5.84. The molecule has 2 aromatic carbocycles. The van der Waals surface area contributed by atoms with Crippen molar-refractivity contribution in [3.05, 3.63) is 82.4 Å². The van der Waals surface area contributed by atoms with E-state index >= 15 is 0 Å². The summed E-state index contributed by atoms with van der Waals surface area (Å²) in [5.74, 6) is -4.75. The summed E-state index contributed by atoms with van der Waals surface area (Å²) in [7, 11) is 0. The van der Waals surface area contributed by atoms with Gasteiger partial charge in [-0.2, -0.15) is 0 Å². The number of aliphatic hydroxyl groups is 1. The van der Waals surface area contributed by atoms with Gasteiger partial charge >= 0.3 is 0 Å². The number of halogens is 2. The first-order chi connectivity index (χ1) is 19.9. The standard InChI is InChI=1S/C30H33F2N5O5/c31-30(32)10-9-22(23(16-30)19-5-2-1-3-6-19)27(39)36-13-11-29(41,12-14-36)17-37-18-35-26(24(33)28(37)40)42-21-8-4-7-20(15-21)25(34)38/h1-8,15,18,22-23,41H,9-14,16-17,33H2,(H2,34,38)/t22-,23+/m1/s1. The number of alkyl halides is 2. The lowest BCUT2D eigenvalue weighted by Gasteiger charge is -2.42. The Hall–Kier alpha value is -4.32. The number of nitrogens with two attached hydrogens (primary N) is 2. The van der Waals surface area contributed by atoms with Crippen molar-refractivity contribution in [1.82, 2.24) is 14.5 Å². The molecule has 12 heteroatoms. The number of ether oxygens (including phenoxy) is 1. The molecule has 0 spiro atoms. The van der Waals surface area contributed by atoms with Gasteiger partial charge in [0.1, 0.15) is 12.1 Å². The van der Waals surface area contributed by atoms with Gasteiger partial charge in [-0.05, 0) is 43.0 Å². The van der Waals surface area contributed by atoms with E-state index in [1.54, 1.807) is 41.3 Å². The van der Waals surface area contributed by atoms with E-state index in [9.17, 15) is 28.3 Å². The first-order valence-corrected chi connectivity index (χ1v) is 13.8. The topological polar surface area (TPSA) is 154 Å². The lowest BCUT2D eigenvalue weighted by molar-refractivity contribution is -0.145. The van der Waals surface area contributed by atoms with Crippen molar-refractivity contribution in [3.63, 3.8) is 0 Å². The second kappa shape index (κ2) is 11.5. The number of carbonyl (C=O) groups excluding carboxylic acids is 2. The zero-order valence-electron chi connectivity index (χ0n) is 22.9. The van der Waals surface area contributed by atoms with Crippen LogP contribution in [-0.2, 0) is 11.3 Å². The van der Waals surface area contributed by atoms with Gasteiger partial charge in [0, 0.05) is 43.3 Å². The molecule has 1 aliphatic carbocycles. The van der Waals surface area contributed by atoms with Crippen LogP contribution < -0.4 is 21.8 Å². The van der Waals surface area contributed by atoms with Gasteiger partial charge in [-0.3, -0.25) is 19.0 Å². The Kier molecular flexibility index (Phi) is 8.00. The molecule has 222 valence electrons. The number of primary amides is 1. The number of benzene rings is 2. The minimum absolute atomic E-state index is 0.0910. The number of anilines is 1. The highest BCUT2D eigenvalue weighted by Gasteiger charge is 2.46. The van der Waals surface area contributed by atoms with E-state index in [0.29, 0.717) is 0 Å². The van der Waals surface area contributed by atoms with Gasteiger partial charge in [-0.1, -0.05) is 36.4 Å². The summed E-state index contributed by atoms with van der Waals surface area (Å²) in [5.41, 5.74) is 10.0. The minimum atomic E-state index is -2.82. The summed E-state index contributed by atoms with van der Waals surface area (Å²) < 4.78 is 35.5. The third-order valence-corrected chi connectivity index (χ3v) is 8.21. The van der Waals surface area contributed by atoms with Gasteiger partial charge in [0.2, 0.25) is 23.6 Å². The molecule has 1 aliphatic heterocycles. The van der Waals surface area contributed by atoms with Gasteiger partial charge in [-0.25, -0.2) is 13.8 Å². The van der Waals surface area contributed by atoms with E-state index in [1.807, 2.05) is 6.07 Å². The summed E-state index contributed by atoms with van der Waals surface area (Å²) >= 11 is 0. The average molecular weight is 582 g/mol. The van der Waals surface area contributed by atoms with Crippen LogP contribution in [0, 0.1) is 5.92 Å². The first-order valence-electron chi connectivity index (χ1n) is 13.8. The zero-order chi connectivity index (χ0) is 30.1. The number of hydrogen-bond donors (Lipinski definition) is 3. The molecule has 5 rings (SSSR count). The maximum Gasteiger partial charge on any atom is 0.280 e. The van der Waals surface area contributed by atoms with Crippen molar-refractivity contribution in [2.45, 2.75) is 56.1 Å². The van der Waals surface area contributed by atoms with Gasteiger partial charge in [0.15, 0.2) is 5.69 Å². The highest BCUT2D eigenvalue weighted by molar-refractivity contribution is 5.93. The van der Waals surface area contributed by atoms with Crippen LogP contribution in [0.25, 0.3) is 0 Å². The van der Waals surface area contributed by atoms with Crippen molar-refractivity contribution in [2.75, 3.05) is 18.8 Å². The SMILES string of the molecule is NC(=O)c1cccc(Oc2ncn(CC3(O)CCN(C(=O)[C@@H]4CCC(F)(F)C[C@H]4c4ccccc4)CC3)c(=O)c2N)c1. The van der Waals surface area contributed by atoms with E-state index in [2.05, 4.69) is 4.98 Å². The predicted molar refractivity (Wildman–Crippen MR) is 150 cm³/mol. The highest BCUT2D eigenvalue weighted by atomic mass is 19.3. The monoisotopic (exact) mass is 581 g/mol. The van der Waals surface area contributed by atoms with Crippen LogP contribution in [0.1, 0.15) is 53.9 Å². The third-order valence-electron chi connectivity index (χ3n) is 8.21. The molecule has 2 atom stereocenters. The van der Waals surface area contributed by atoms with Crippen molar-refractivity contribution >= 4 is 17.5 Å². The average Bonchev–Trinajstić information content (AvgIpc) is 2.97.